The minimum absolute atomic E-state index is 0.0400. The van der Waals surface area contributed by atoms with E-state index in [0.29, 0.717) is 48.9 Å². The molecular weight excluding hydrogens is 348 g/mol. The Balaban J connectivity index is 1.76. The number of nitrogens with one attached hydrogen (secondary N) is 1. The van der Waals surface area contributed by atoms with Crippen molar-refractivity contribution in [2.24, 2.45) is 0 Å². The monoisotopic (exact) mass is 372 g/mol. The summed E-state index contributed by atoms with van der Waals surface area (Å²) in [6, 6.07) is 8.68. The lowest BCUT2D eigenvalue weighted by atomic mass is 10.1. The van der Waals surface area contributed by atoms with Crippen molar-refractivity contribution < 1.29 is 23.8 Å². The summed E-state index contributed by atoms with van der Waals surface area (Å²) < 4.78 is 16.1. The van der Waals surface area contributed by atoms with Crippen molar-refractivity contribution in [3.8, 4) is 17.4 Å². The van der Waals surface area contributed by atoms with E-state index in [-0.39, 0.29) is 11.7 Å². The third-order valence-electron chi connectivity index (χ3n) is 3.90. The third-order valence-corrected chi connectivity index (χ3v) is 3.90. The average Bonchev–Trinajstić information content (AvgIpc) is 2.69. The van der Waals surface area contributed by atoms with Gasteiger partial charge < -0.3 is 19.5 Å². The van der Waals surface area contributed by atoms with Gasteiger partial charge in [0, 0.05) is 30.3 Å². The summed E-state index contributed by atoms with van der Waals surface area (Å²) >= 11 is 0. The maximum Gasteiger partial charge on any atom is 0.220 e. The number of ketones is 1. The summed E-state index contributed by atoms with van der Waals surface area (Å²) in [6.45, 7) is 2.21. The van der Waals surface area contributed by atoms with Gasteiger partial charge in [0.05, 0.1) is 20.8 Å². The van der Waals surface area contributed by atoms with E-state index < -0.39 is 0 Å². The molecule has 1 amide bonds. The number of pyridine rings is 1. The van der Waals surface area contributed by atoms with E-state index in [0.717, 1.165) is 5.56 Å². The van der Waals surface area contributed by atoms with Crippen molar-refractivity contribution in [3.05, 3.63) is 47.7 Å². The molecule has 0 spiro atoms. The lowest BCUT2D eigenvalue weighted by Gasteiger charge is -2.12. The van der Waals surface area contributed by atoms with Crippen molar-refractivity contribution >= 4 is 11.7 Å². The van der Waals surface area contributed by atoms with Gasteiger partial charge in [-0.1, -0.05) is 6.07 Å². The number of methoxy groups -OCH3 is 2. The number of rotatable bonds is 10. The molecule has 1 N–H and O–H groups in total. The molecule has 0 atom stereocenters. The van der Waals surface area contributed by atoms with Crippen molar-refractivity contribution in [2.75, 3.05) is 20.8 Å². The Labute approximate surface area is 158 Å². The van der Waals surface area contributed by atoms with Crippen LogP contribution < -0.4 is 19.5 Å². The van der Waals surface area contributed by atoms with Crippen LogP contribution in [-0.4, -0.2) is 37.5 Å². The predicted octanol–water partition coefficient (Wildman–Crippen LogP) is 2.78. The molecule has 1 heterocycles. The number of ether oxygens (including phenoxy) is 3. The van der Waals surface area contributed by atoms with Gasteiger partial charge >= 0.3 is 0 Å². The molecule has 1 aromatic heterocycles. The van der Waals surface area contributed by atoms with Gasteiger partial charge in [-0.3, -0.25) is 9.59 Å². The van der Waals surface area contributed by atoms with Crippen molar-refractivity contribution in [2.45, 2.75) is 26.3 Å². The van der Waals surface area contributed by atoms with Crippen molar-refractivity contribution in [1.82, 2.24) is 10.3 Å². The van der Waals surface area contributed by atoms with E-state index in [2.05, 4.69) is 10.3 Å². The summed E-state index contributed by atoms with van der Waals surface area (Å²) in [5.41, 5.74) is 1.38. The quantitative estimate of drug-likeness (QED) is 0.510. The van der Waals surface area contributed by atoms with E-state index in [4.69, 9.17) is 14.2 Å². The van der Waals surface area contributed by atoms with Gasteiger partial charge in [-0.05, 0) is 37.6 Å². The highest BCUT2D eigenvalue weighted by Gasteiger charge is 2.09. The molecule has 2 rings (SSSR count). The van der Waals surface area contributed by atoms with Gasteiger partial charge in [0.25, 0.3) is 0 Å². The number of aromatic nitrogens is 1. The lowest BCUT2D eigenvalue weighted by Crippen LogP contribution is -2.23. The Morgan fingerprint density at radius 3 is 2.63 bits per heavy atom. The molecule has 0 aliphatic carbocycles. The molecule has 0 unspecified atom stereocenters. The first kappa shape index (κ1) is 20.2. The zero-order valence-corrected chi connectivity index (χ0v) is 15.8. The first-order chi connectivity index (χ1) is 13.0. The van der Waals surface area contributed by atoms with Crippen molar-refractivity contribution in [1.29, 1.82) is 0 Å². The van der Waals surface area contributed by atoms with E-state index in [1.807, 2.05) is 6.07 Å². The zero-order chi connectivity index (χ0) is 19.6. The fourth-order valence-corrected chi connectivity index (χ4v) is 2.45. The molecule has 0 saturated carbocycles. The summed E-state index contributed by atoms with van der Waals surface area (Å²) in [7, 11) is 3.06. The SMILES string of the molecule is COc1cc(C(C)=O)ccc1OCCCC(=O)NCc1cccnc1OC. The number of benzene rings is 1. The summed E-state index contributed by atoms with van der Waals surface area (Å²) in [5, 5.41) is 2.84. The molecule has 144 valence electrons. The number of Topliss-reactive ketones (excluding diaryl/α,β-unsaturated/α-hetero) is 1. The van der Waals surface area contributed by atoms with Gasteiger partial charge in [0.15, 0.2) is 17.3 Å². The highest BCUT2D eigenvalue weighted by molar-refractivity contribution is 5.94. The topological polar surface area (TPSA) is 86.8 Å². The summed E-state index contributed by atoms with van der Waals surface area (Å²) in [6.07, 6.45) is 2.52. The van der Waals surface area contributed by atoms with E-state index in [9.17, 15) is 9.59 Å². The second-order valence-corrected chi connectivity index (χ2v) is 5.82. The molecule has 1 aromatic carbocycles. The first-order valence-corrected chi connectivity index (χ1v) is 8.61. The second-order valence-electron chi connectivity index (χ2n) is 5.82. The molecule has 0 bridgehead atoms. The van der Waals surface area contributed by atoms with Crippen LogP contribution in [0.1, 0.15) is 35.7 Å². The minimum atomic E-state index is -0.0802. The lowest BCUT2D eigenvalue weighted by molar-refractivity contribution is -0.121. The first-order valence-electron chi connectivity index (χ1n) is 8.61. The van der Waals surface area contributed by atoms with Crippen LogP contribution in [0.2, 0.25) is 0 Å². The van der Waals surface area contributed by atoms with Crippen molar-refractivity contribution in [3.63, 3.8) is 0 Å². The highest BCUT2D eigenvalue weighted by Crippen LogP contribution is 2.28. The molecule has 0 aliphatic rings. The van der Waals surface area contributed by atoms with Gasteiger partial charge in [-0.2, -0.15) is 0 Å². The number of carbonyl (C=O) groups excluding carboxylic acids is 2. The van der Waals surface area contributed by atoms with Crippen LogP contribution in [0.4, 0.5) is 0 Å². The van der Waals surface area contributed by atoms with Crippen LogP contribution in [0.25, 0.3) is 0 Å². The molecule has 0 radical (unpaired) electrons. The molecule has 7 heteroatoms. The number of amides is 1. The average molecular weight is 372 g/mol. The van der Waals surface area contributed by atoms with Crippen LogP contribution in [0.15, 0.2) is 36.5 Å². The Kier molecular flexibility index (Phi) is 7.61. The van der Waals surface area contributed by atoms with E-state index in [1.165, 1.54) is 14.0 Å². The minimum Gasteiger partial charge on any atom is -0.493 e. The third kappa shape index (κ3) is 5.99. The summed E-state index contributed by atoms with van der Waals surface area (Å²) in [4.78, 5) is 27.5. The molecule has 7 nitrogen and oxygen atoms in total. The van der Waals surface area contributed by atoms with E-state index in [1.54, 1.807) is 37.6 Å². The maximum absolute atomic E-state index is 12.0. The van der Waals surface area contributed by atoms with Crippen LogP contribution in [-0.2, 0) is 11.3 Å². The summed E-state index contributed by atoms with van der Waals surface area (Å²) in [5.74, 6) is 1.42. The van der Waals surface area contributed by atoms with Crippen LogP contribution in [0, 0.1) is 0 Å². The Morgan fingerprint density at radius 1 is 1.11 bits per heavy atom. The van der Waals surface area contributed by atoms with Gasteiger partial charge in [-0.15, -0.1) is 0 Å². The number of hydrogen-bond donors (Lipinski definition) is 1. The Morgan fingerprint density at radius 2 is 1.93 bits per heavy atom. The second kappa shape index (κ2) is 10.2. The molecule has 0 saturated heterocycles. The molecule has 2 aromatic rings. The molecule has 27 heavy (non-hydrogen) atoms. The van der Waals surface area contributed by atoms with E-state index >= 15 is 0 Å². The Bertz CT molecular complexity index is 792. The fraction of sp³-hybridized carbons (Fsp3) is 0.350. The predicted molar refractivity (Wildman–Crippen MR) is 100 cm³/mol. The van der Waals surface area contributed by atoms with Crippen LogP contribution >= 0.6 is 0 Å². The molecular formula is C20H24N2O5. The van der Waals surface area contributed by atoms with Gasteiger partial charge in [-0.25, -0.2) is 4.98 Å². The standard InChI is InChI=1S/C20H24N2O5/c1-14(23)15-8-9-17(18(12-15)25-2)27-11-5-7-19(24)22-13-16-6-4-10-21-20(16)26-3/h4,6,8-10,12H,5,7,11,13H2,1-3H3,(H,22,24). The zero-order valence-electron chi connectivity index (χ0n) is 15.8. The maximum atomic E-state index is 12.0. The van der Waals surface area contributed by atoms with Crippen LogP contribution in [0.3, 0.4) is 0 Å². The van der Waals surface area contributed by atoms with Gasteiger partial charge in [0.2, 0.25) is 11.8 Å². The number of carbonyl (C=O) groups is 2. The largest absolute Gasteiger partial charge is 0.493 e. The molecule has 0 fully saturated rings. The number of nitrogens with zero attached hydrogens (tertiary/aromatic N) is 1. The smallest absolute Gasteiger partial charge is 0.220 e. The molecule has 0 aliphatic heterocycles. The normalized spacial score (nSPS) is 10.2. The van der Waals surface area contributed by atoms with Gasteiger partial charge in [0.1, 0.15) is 0 Å². The highest BCUT2D eigenvalue weighted by atomic mass is 16.5. The van der Waals surface area contributed by atoms with Crippen LogP contribution in [0.5, 0.6) is 17.4 Å². The number of hydrogen-bond acceptors (Lipinski definition) is 6. The Hall–Kier alpha value is -3.09. The fourth-order valence-electron chi connectivity index (χ4n) is 2.45.